The minimum atomic E-state index is -0.686. The molecule has 0 saturated heterocycles. The topological polar surface area (TPSA) is 105 Å². The van der Waals surface area contributed by atoms with Crippen molar-refractivity contribution in [1.29, 1.82) is 0 Å². The van der Waals surface area contributed by atoms with Gasteiger partial charge in [0.15, 0.2) is 10.9 Å². The molecule has 4 rings (SSSR count). The number of nitrogens with two attached hydrogens (primary N) is 1. The van der Waals surface area contributed by atoms with E-state index in [1.54, 1.807) is 0 Å². The van der Waals surface area contributed by atoms with Gasteiger partial charge < -0.3 is 10.3 Å². The number of imidazole rings is 1. The van der Waals surface area contributed by atoms with Crippen LogP contribution < -0.4 is 17.0 Å². The molecule has 4 aromatic rings. The second-order valence-corrected chi connectivity index (χ2v) is 8.39. The normalized spacial score (nSPS) is 11.2. The van der Waals surface area contributed by atoms with Crippen molar-refractivity contribution in [2.24, 2.45) is 14.1 Å². The first-order chi connectivity index (χ1) is 15.4. The Bertz CT molecular complexity index is 1420. The first-order valence-corrected chi connectivity index (χ1v) is 11.1. The molecule has 0 atom stereocenters. The van der Waals surface area contributed by atoms with Crippen molar-refractivity contribution in [3.05, 3.63) is 86.6 Å². The Morgan fingerprint density at radius 2 is 1.69 bits per heavy atom. The zero-order valence-electron chi connectivity index (χ0n) is 17.8. The lowest BCUT2D eigenvalue weighted by molar-refractivity contribution is 0.102. The summed E-state index contributed by atoms with van der Waals surface area (Å²) in [5.41, 5.74) is 7.53. The summed E-state index contributed by atoms with van der Waals surface area (Å²) in [4.78, 5) is 42.1. The number of fused-ring (bicyclic) bond motifs is 1. The molecule has 0 amide bonds. The molecular formula is C23H23N5O3S. The molecule has 0 aliphatic heterocycles. The molecule has 2 heterocycles. The highest BCUT2D eigenvalue weighted by Gasteiger charge is 2.21. The second kappa shape index (κ2) is 8.88. The quantitative estimate of drug-likeness (QED) is 0.343. The SMILES string of the molecule is Cn1c(N)c(C(=O)CSc2nc3ccccc3n2CCc2ccccc2)c(=O)n(C)c1=O. The van der Waals surface area contributed by atoms with Crippen molar-refractivity contribution < 1.29 is 4.79 Å². The summed E-state index contributed by atoms with van der Waals surface area (Å²) >= 11 is 1.26. The van der Waals surface area contributed by atoms with Crippen LogP contribution in [0.3, 0.4) is 0 Å². The number of rotatable bonds is 7. The van der Waals surface area contributed by atoms with Gasteiger partial charge in [-0.3, -0.25) is 18.7 Å². The Labute approximate surface area is 188 Å². The molecule has 2 aromatic heterocycles. The maximum absolute atomic E-state index is 12.9. The van der Waals surface area contributed by atoms with Crippen LogP contribution in [-0.4, -0.2) is 30.2 Å². The second-order valence-electron chi connectivity index (χ2n) is 7.45. The number of aryl methyl sites for hydroxylation is 2. The van der Waals surface area contributed by atoms with Crippen LogP contribution in [0.15, 0.2) is 69.3 Å². The van der Waals surface area contributed by atoms with Gasteiger partial charge in [0.2, 0.25) is 0 Å². The Morgan fingerprint density at radius 1 is 1.00 bits per heavy atom. The predicted molar refractivity (Wildman–Crippen MR) is 126 cm³/mol. The third-order valence-electron chi connectivity index (χ3n) is 5.41. The molecule has 0 saturated carbocycles. The number of carbonyl (C=O) groups excluding carboxylic acids is 1. The minimum absolute atomic E-state index is 0.0215. The fourth-order valence-electron chi connectivity index (χ4n) is 3.59. The number of hydrogen-bond acceptors (Lipinski definition) is 6. The van der Waals surface area contributed by atoms with Crippen LogP contribution in [0, 0.1) is 0 Å². The molecule has 9 heteroatoms. The smallest absolute Gasteiger partial charge is 0.332 e. The van der Waals surface area contributed by atoms with Gasteiger partial charge in [-0.1, -0.05) is 54.2 Å². The third-order valence-corrected chi connectivity index (χ3v) is 6.38. The van der Waals surface area contributed by atoms with Gasteiger partial charge in [-0.05, 0) is 24.1 Å². The number of anilines is 1. The summed E-state index contributed by atoms with van der Waals surface area (Å²) in [5, 5.41) is 0.690. The standard InChI is InChI=1S/C23H23N5O3S/c1-26-20(24)19(21(30)27(2)23(26)31)18(29)14-32-22-25-16-10-6-7-11-17(16)28(22)13-12-15-8-4-3-5-9-15/h3-11H,12-14,24H2,1-2H3. The predicted octanol–water partition coefficient (Wildman–Crippen LogP) is 2.23. The Balaban J connectivity index is 1.62. The van der Waals surface area contributed by atoms with Crippen LogP contribution in [0.25, 0.3) is 11.0 Å². The molecule has 0 aliphatic carbocycles. The minimum Gasteiger partial charge on any atom is -0.384 e. The number of nitrogens with zero attached hydrogens (tertiary/aromatic N) is 4. The zero-order chi connectivity index (χ0) is 22.8. The van der Waals surface area contributed by atoms with Gasteiger partial charge in [0.05, 0.1) is 16.8 Å². The third kappa shape index (κ3) is 3.99. The van der Waals surface area contributed by atoms with Gasteiger partial charge in [0, 0.05) is 20.6 Å². The maximum atomic E-state index is 12.9. The summed E-state index contributed by atoms with van der Waals surface area (Å²) in [7, 11) is 2.76. The van der Waals surface area contributed by atoms with Gasteiger partial charge in [-0.15, -0.1) is 0 Å². The molecule has 8 nitrogen and oxygen atoms in total. The van der Waals surface area contributed by atoms with Crippen molar-refractivity contribution in [2.45, 2.75) is 18.1 Å². The average Bonchev–Trinajstić information content (AvgIpc) is 3.17. The van der Waals surface area contributed by atoms with E-state index in [2.05, 4.69) is 21.7 Å². The molecule has 0 fully saturated rings. The lowest BCUT2D eigenvalue weighted by atomic mass is 10.1. The van der Waals surface area contributed by atoms with E-state index in [4.69, 9.17) is 5.73 Å². The van der Waals surface area contributed by atoms with Crippen LogP contribution in [0.4, 0.5) is 5.82 Å². The molecule has 164 valence electrons. The number of ketones is 1. The van der Waals surface area contributed by atoms with E-state index >= 15 is 0 Å². The monoisotopic (exact) mass is 449 g/mol. The molecule has 2 aromatic carbocycles. The summed E-state index contributed by atoms with van der Waals surface area (Å²) in [6.07, 6.45) is 0.816. The van der Waals surface area contributed by atoms with Gasteiger partial charge in [-0.25, -0.2) is 9.78 Å². The van der Waals surface area contributed by atoms with E-state index in [0.717, 1.165) is 26.6 Å². The van der Waals surface area contributed by atoms with Crippen LogP contribution in [0.5, 0.6) is 0 Å². The van der Waals surface area contributed by atoms with Crippen molar-refractivity contribution in [3.8, 4) is 0 Å². The molecule has 0 bridgehead atoms. The summed E-state index contributed by atoms with van der Waals surface area (Å²) in [5.74, 6) is -0.585. The van der Waals surface area contributed by atoms with Gasteiger partial charge in [0.1, 0.15) is 11.4 Å². The van der Waals surface area contributed by atoms with E-state index in [0.29, 0.717) is 11.7 Å². The highest BCUT2D eigenvalue weighted by atomic mass is 32.2. The molecule has 0 unspecified atom stereocenters. The largest absolute Gasteiger partial charge is 0.384 e. The Morgan fingerprint density at radius 3 is 2.44 bits per heavy atom. The lowest BCUT2D eigenvalue weighted by Crippen LogP contribution is -2.41. The fraction of sp³-hybridized carbons (Fsp3) is 0.217. The number of aromatic nitrogens is 4. The van der Waals surface area contributed by atoms with Crippen LogP contribution in [-0.2, 0) is 27.1 Å². The van der Waals surface area contributed by atoms with E-state index in [9.17, 15) is 14.4 Å². The van der Waals surface area contributed by atoms with Crippen molar-refractivity contribution in [2.75, 3.05) is 11.5 Å². The molecule has 0 aliphatic rings. The summed E-state index contributed by atoms with van der Waals surface area (Å²) in [6, 6.07) is 18.0. The first-order valence-electron chi connectivity index (χ1n) is 10.1. The van der Waals surface area contributed by atoms with Crippen LogP contribution in [0.2, 0.25) is 0 Å². The van der Waals surface area contributed by atoms with Crippen molar-refractivity contribution >= 4 is 34.4 Å². The maximum Gasteiger partial charge on any atom is 0.332 e. The Kier molecular flexibility index (Phi) is 6.00. The zero-order valence-corrected chi connectivity index (χ0v) is 18.6. The number of nitrogen functional groups attached to an aromatic ring is 1. The van der Waals surface area contributed by atoms with Crippen molar-refractivity contribution in [1.82, 2.24) is 18.7 Å². The van der Waals surface area contributed by atoms with E-state index in [-0.39, 0.29) is 17.1 Å². The van der Waals surface area contributed by atoms with E-state index < -0.39 is 17.0 Å². The number of carbonyl (C=O) groups is 1. The van der Waals surface area contributed by atoms with Gasteiger partial charge in [-0.2, -0.15) is 0 Å². The fourth-order valence-corrected chi connectivity index (χ4v) is 4.50. The number of para-hydroxylation sites is 2. The van der Waals surface area contributed by atoms with Crippen molar-refractivity contribution in [3.63, 3.8) is 0 Å². The molecule has 0 radical (unpaired) electrons. The average molecular weight is 450 g/mol. The summed E-state index contributed by atoms with van der Waals surface area (Å²) < 4.78 is 4.08. The number of benzene rings is 2. The Hall–Kier alpha value is -3.59. The van der Waals surface area contributed by atoms with E-state index in [1.807, 2.05) is 42.5 Å². The van der Waals surface area contributed by atoms with Crippen LogP contribution >= 0.6 is 11.8 Å². The van der Waals surface area contributed by atoms with Gasteiger partial charge >= 0.3 is 5.69 Å². The number of thioether (sulfide) groups is 1. The number of Topliss-reactive ketones (excluding diaryl/α,β-unsaturated/α-hetero) is 1. The molecule has 2 N–H and O–H groups in total. The molecule has 32 heavy (non-hydrogen) atoms. The lowest BCUT2D eigenvalue weighted by Gasteiger charge is -2.11. The molecular weight excluding hydrogens is 426 g/mol. The van der Waals surface area contributed by atoms with Crippen LogP contribution in [0.1, 0.15) is 15.9 Å². The number of hydrogen-bond donors (Lipinski definition) is 1. The highest BCUT2D eigenvalue weighted by Crippen LogP contribution is 2.25. The van der Waals surface area contributed by atoms with Gasteiger partial charge in [0.25, 0.3) is 5.56 Å². The highest BCUT2D eigenvalue weighted by molar-refractivity contribution is 7.99. The molecule has 0 spiro atoms. The van der Waals surface area contributed by atoms with E-state index in [1.165, 1.54) is 31.4 Å². The summed E-state index contributed by atoms with van der Waals surface area (Å²) in [6.45, 7) is 0.699. The first kappa shape index (κ1) is 21.6.